The van der Waals surface area contributed by atoms with Crippen molar-refractivity contribution in [3.63, 3.8) is 0 Å². The molecule has 0 bridgehead atoms. The average molecular weight is 587 g/mol. The van der Waals surface area contributed by atoms with Gasteiger partial charge in [0.1, 0.15) is 11.8 Å². The monoisotopic (exact) mass is 585 g/mol. The maximum Gasteiger partial charge on any atom is 0.243 e. The Morgan fingerprint density at radius 1 is 1.05 bits per heavy atom. The Morgan fingerprint density at radius 2 is 1.74 bits per heavy atom. The first-order valence-electron chi connectivity index (χ1n) is 12.6. The number of methoxy groups -OCH3 is 1. The van der Waals surface area contributed by atoms with Crippen LogP contribution in [0.25, 0.3) is 0 Å². The first kappa shape index (κ1) is 31.7. The first-order valence-corrected chi connectivity index (χ1v) is 15.2. The molecule has 0 aromatic heterocycles. The molecule has 2 unspecified atom stereocenters. The van der Waals surface area contributed by atoms with Crippen LogP contribution in [0.15, 0.2) is 42.5 Å². The number of ether oxygens (including phenoxy) is 1. The summed E-state index contributed by atoms with van der Waals surface area (Å²) in [6.45, 7) is 5.96. The van der Waals surface area contributed by atoms with Crippen molar-refractivity contribution in [2.24, 2.45) is 0 Å². The van der Waals surface area contributed by atoms with Crippen LogP contribution in [0.1, 0.15) is 52.0 Å². The summed E-state index contributed by atoms with van der Waals surface area (Å²) in [6, 6.07) is 11.2. The van der Waals surface area contributed by atoms with Crippen LogP contribution in [0.5, 0.6) is 5.75 Å². The van der Waals surface area contributed by atoms with Crippen molar-refractivity contribution in [2.75, 3.05) is 24.2 Å². The van der Waals surface area contributed by atoms with Crippen molar-refractivity contribution < 1.29 is 22.7 Å². The zero-order valence-corrected chi connectivity index (χ0v) is 24.9. The zero-order chi connectivity index (χ0) is 28.5. The van der Waals surface area contributed by atoms with Crippen LogP contribution in [0.2, 0.25) is 10.0 Å². The molecule has 38 heavy (non-hydrogen) atoms. The van der Waals surface area contributed by atoms with Gasteiger partial charge in [-0.2, -0.15) is 0 Å². The van der Waals surface area contributed by atoms with E-state index in [9.17, 15) is 18.0 Å². The highest BCUT2D eigenvalue weighted by atomic mass is 35.5. The highest BCUT2D eigenvalue weighted by molar-refractivity contribution is 7.92. The molecule has 0 radical (unpaired) electrons. The molecule has 0 aliphatic carbocycles. The third-order valence-electron chi connectivity index (χ3n) is 6.26. The number of anilines is 1. The second-order valence-electron chi connectivity index (χ2n) is 9.11. The lowest BCUT2D eigenvalue weighted by atomic mass is 10.1. The van der Waals surface area contributed by atoms with Crippen LogP contribution >= 0.6 is 23.2 Å². The Morgan fingerprint density at radius 3 is 2.29 bits per heavy atom. The lowest BCUT2D eigenvalue weighted by molar-refractivity contribution is -0.141. The van der Waals surface area contributed by atoms with Crippen molar-refractivity contribution in [1.29, 1.82) is 0 Å². The summed E-state index contributed by atoms with van der Waals surface area (Å²) in [5.74, 6) is -0.0688. The molecule has 2 aromatic carbocycles. The second-order valence-corrected chi connectivity index (χ2v) is 11.8. The number of sulfonamides is 1. The van der Waals surface area contributed by atoms with Crippen LogP contribution in [0.3, 0.4) is 0 Å². The Labute approximate surface area is 236 Å². The summed E-state index contributed by atoms with van der Waals surface area (Å²) in [5, 5.41) is 3.75. The van der Waals surface area contributed by atoms with Gasteiger partial charge in [0.05, 0.1) is 24.1 Å². The molecule has 0 saturated carbocycles. The van der Waals surface area contributed by atoms with E-state index in [1.54, 1.807) is 24.3 Å². The number of halogens is 2. The first-order chi connectivity index (χ1) is 17.9. The number of nitrogens with one attached hydrogen (secondary N) is 1. The lowest BCUT2D eigenvalue weighted by Crippen LogP contribution is -2.50. The largest absolute Gasteiger partial charge is 0.495 e. The zero-order valence-electron chi connectivity index (χ0n) is 22.5. The molecule has 0 fully saturated rings. The highest BCUT2D eigenvalue weighted by Gasteiger charge is 2.30. The topological polar surface area (TPSA) is 96.0 Å². The molecular formula is C27H37Cl2N3O5S. The SMILES string of the molecule is CCC(C)NC(=O)C(CC)N(Cc1ccccc1Cl)C(=O)CCCN(c1ccc(OC)c(Cl)c1)S(C)(=O)=O. The lowest BCUT2D eigenvalue weighted by Gasteiger charge is -2.32. The predicted molar refractivity (Wildman–Crippen MR) is 153 cm³/mol. The van der Waals surface area contributed by atoms with E-state index in [1.807, 2.05) is 32.9 Å². The molecule has 0 spiro atoms. The molecule has 210 valence electrons. The fourth-order valence-electron chi connectivity index (χ4n) is 3.99. The molecule has 2 amide bonds. The Bertz CT molecular complexity index is 1210. The van der Waals surface area contributed by atoms with E-state index < -0.39 is 16.1 Å². The molecule has 0 aliphatic rings. The van der Waals surface area contributed by atoms with E-state index in [1.165, 1.54) is 22.4 Å². The number of carbonyl (C=O) groups excluding carboxylic acids is 2. The van der Waals surface area contributed by atoms with E-state index >= 15 is 0 Å². The van der Waals surface area contributed by atoms with Crippen LogP contribution in [-0.4, -0.2) is 57.1 Å². The van der Waals surface area contributed by atoms with Gasteiger partial charge >= 0.3 is 0 Å². The molecule has 11 heteroatoms. The van der Waals surface area contributed by atoms with Gasteiger partial charge in [-0.1, -0.05) is 55.2 Å². The Balaban J connectivity index is 2.26. The molecular weight excluding hydrogens is 549 g/mol. The van der Waals surface area contributed by atoms with Gasteiger partial charge in [-0.25, -0.2) is 8.42 Å². The number of hydrogen-bond donors (Lipinski definition) is 1. The van der Waals surface area contributed by atoms with E-state index in [-0.39, 0.29) is 48.8 Å². The number of carbonyl (C=O) groups is 2. The summed E-state index contributed by atoms with van der Waals surface area (Å²) in [6.07, 6.45) is 2.55. The quantitative estimate of drug-likeness (QED) is 0.326. The maximum atomic E-state index is 13.5. The summed E-state index contributed by atoms with van der Waals surface area (Å²) in [5.41, 5.74) is 1.10. The number of hydrogen-bond acceptors (Lipinski definition) is 5. The van der Waals surface area contributed by atoms with Crippen molar-refractivity contribution in [1.82, 2.24) is 10.2 Å². The molecule has 0 heterocycles. The van der Waals surface area contributed by atoms with Gasteiger partial charge in [-0.15, -0.1) is 0 Å². The van der Waals surface area contributed by atoms with Crippen molar-refractivity contribution in [3.05, 3.63) is 58.1 Å². The van der Waals surface area contributed by atoms with Crippen LogP contribution in [0, 0.1) is 0 Å². The van der Waals surface area contributed by atoms with Crippen molar-refractivity contribution >= 4 is 50.7 Å². The maximum absolute atomic E-state index is 13.5. The minimum Gasteiger partial charge on any atom is -0.495 e. The normalized spacial score (nSPS) is 12.9. The molecule has 2 rings (SSSR count). The van der Waals surface area contributed by atoms with Gasteiger partial charge in [-0.3, -0.25) is 13.9 Å². The van der Waals surface area contributed by atoms with Gasteiger partial charge in [0.15, 0.2) is 0 Å². The summed E-state index contributed by atoms with van der Waals surface area (Å²) in [4.78, 5) is 28.2. The van der Waals surface area contributed by atoms with Gasteiger partial charge in [0.25, 0.3) is 0 Å². The van der Waals surface area contributed by atoms with Crippen molar-refractivity contribution in [3.8, 4) is 5.75 Å². The number of benzene rings is 2. The fourth-order valence-corrected chi connectivity index (χ4v) is 5.39. The van der Waals surface area contributed by atoms with E-state index in [0.29, 0.717) is 22.9 Å². The van der Waals surface area contributed by atoms with Gasteiger partial charge in [-0.05, 0) is 56.0 Å². The van der Waals surface area contributed by atoms with Gasteiger partial charge in [0, 0.05) is 30.6 Å². The third kappa shape index (κ3) is 8.78. The number of amides is 2. The fraction of sp³-hybridized carbons (Fsp3) is 0.481. The summed E-state index contributed by atoms with van der Waals surface area (Å²) < 4.78 is 31.5. The van der Waals surface area contributed by atoms with E-state index in [2.05, 4.69) is 5.32 Å². The smallest absolute Gasteiger partial charge is 0.243 e. The molecule has 0 saturated heterocycles. The molecule has 8 nitrogen and oxygen atoms in total. The van der Waals surface area contributed by atoms with Crippen LogP contribution in [-0.2, 0) is 26.2 Å². The van der Waals surface area contributed by atoms with E-state index in [4.69, 9.17) is 27.9 Å². The molecule has 0 aliphatic heterocycles. The van der Waals surface area contributed by atoms with Gasteiger partial charge in [0.2, 0.25) is 21.8 Å². The summed E-state index contributed by atoms with van der Waals surface area (Å²) in [7, 11) is -2.18. The molecule has 2 aromatic rings. The summed E-state index contributed by atoms with van der Waals surface area (Å²) >= 11 is 12.6. The second kappa shape index (κ2) is 14.6. The van der Waals surface area contributed by atoms with Crippen LogP contribution in [0.4, 0.5) is 5.69 Å². The molecule has 2 atom stereocenters. The van der Waals surface area contributed by atoms with E-state index in [0.717, 1.165) is 18.2 Å². The molecule has 1 N–H and O–H groups in total. The predicted octanol–water partition coefficient (Wildman–Crippen LogP) is 5.27. The standard InChI is InChI=1S/C27H37Cl2N3O5S/c1-6-19(3)30-27(34)24(7-2)31(18-20-11-8-9-12-22(20)28)26(33)13-10-16-32(38(5,35)36)21-14-15-25(37-4)23(29)17-21/h8-9,11-12,14-15,17,19,24H,6-7,10,13,16,18H2,1-5H3,(H,30,34). The van der Waals surface area contributed by atoms with Gasteiger partial charge < -0.3 is 15.0 Å². The highest BCUT2D eigenvalue weighted by Crippen LogP contribution is 2.30. The van der Waals surface area contributed by atoms with Crippen molar-refractivity contribution in [2.45, 2.75) is 65.1 Å². The number of nitrogens with zero attached hydrogens (tertiary/aromatic N) is 2. The Hall–Kier alpha value is -2.49. The third-order valence-corrected chi connectivity index (χ3v) is 8.12. The number of rotatable bonds is 14. The Kier molecular flexibility index (Phi) is 12.2. The minimum atomic E-state index is -3.65. The van der Waals surface area contributed by atoms with Crippen LogP contribution < -0.4 is 14.4 Å². The minimum absolute atomic E-state index is 0.0338. The average Bonchev–Trinajstić information content (AvgIpc) is 2.86.